The zero-order valence-corrected chi connectivity index (χ0v) is 12.4. The second-order valence-corrected chi connectivity index (χ2v) is 6.40. The van der Waals surface area contributed by atoms with Crippen LogP contribution in [0.5, 0.6) is 0 Å². The van der Waals surface area contributed by atoms with E-state index >= 15 is 0 Å². The first-order valence-electron chi connectivity index (χ1n) is 7.62. The van der Waals surface area contributed by atoms with Gasteiger partial charge in [-0.05, 0) is 25.2 Å². The molecule has 1 aliphatic heterocycles. The number of carbonyl (C=O) groups excluding carboxylic acids is 1. The summed E-state index contributed by atoms with van der Waals surface area (Å²) in [6.07, 6.45) is -1.86. The van der Waals surface area contributed by atoms with E-state index in [9.17, 15) is 18.0 Å². The Morgan fingerprint density at radius 1 is 1.32 bits per heavy atom. The predicted octanol–water partition coefficient (Wildman–Crippen LogP) is 2.63. The van der Waals surface area contributed by atoms with Crippen LogP contribution in [0.2, 0.25) is 0 Å². The molecule has 122 valence electrons. The molecule has 1 aliphatic carbocycles. The molecule has 2 heterocycles. The molecule has 1 aromatic heterocycles. The number of alkyl halides is 3. The summed E-state index contributed by atoms with van der Waals surface area (Å²) in [4.78, 5) is 18.3. The molecule has 1 saturated carbocycles. The molecule has 3 unspecified atom stereocenters. The van der Waals surface area contributed by atoms with E-state index in [1.54, 1.807) is 4.68 Å². The normalized spacial score (nSPS) is 29.3. The Morgan fingerprint density at radius 2 is 2.09 bits per heavy atom. The van der Waals surface area contributed by atoms with Gasteiger partial charge in [-0.2, -0.15) is 23.3 Å². The SMILES string of the molecule is CC1CN(C(=O)C2CCCC(C(F)(F)F)C2)c2ncnn2C1. The minimum absolute atomic E-state index is 0.110. The Hall–Kier alpha value is -1.60. The van der Waals surface area contributed by atoms with Gasteiger partial charge in [0.05, 0.1) is 5.92 Å². The molecule has 1 amide bonds. The Balaban J connectivity index is 1.77. The maximum Gasteiger partial charge on any atom is 0.391 e. The van der Waals surface area contributed by atoms with Crippen molar-refractivity contribution in [3.8, 4) is 0 Å². The maximum atomic E-state index is 12.9. The number of nitrogens with zero attached hydrogens (tertiary/aromatic N) is 4. The molecule has 0 spiro atoms. The molecule has 8 heteroatoms. The van der Waals surface area contributed by atoms with Crippen LogP contribution in [0.1, 0.15) is 32.6 Å². The van der Waals surface area contributed by atoms with Gasteiger partial charge < -0.3 is 0 Å². The van der Waals surface area contributed by atoms with Crippen LogP contribution in [0.4, 0.5) is 19.1 Å². The van der Waals surface area contributed by atoms with E-state index in [0.29, 0.717) is 31.9 Å². The van der Waals surface area contributed by atoms with Gasteiger partial charge in [0.15, 0.2) is 0 Å². The van der Waals surface area contributed by atoms with Crippen LogP contribution in [0.3, 0.4) is 0 Å². The number of amides is 1. The van der Waals surface area contributed by atoms with Crippen LogP contribution < -0.4 is 4.90 Å². The second-order valence-electron chi connectivity index (χ2n) is 6.40. The van der Waals surface area contributed by atoms with Gasteiger partial charge >= 0.3 is 6.18 Å². The topological polar surface area (TPSA) is 51.0 Å². The van der Waals surface area contributed by atoms with E-state index in [4.69, 9.17) is 0 Å². The van der Waals surface area contributed by atoms with Crippen molar-refractivity contribution in [3.63, 3.8) is 0 Å². The van der Waals surface area contributed by atoms with Crippen molar-refractivity contribution in [3.05, 3.63) is 6.33 Å². The molecule has 0 radical (unpaired) electrons. The lowest BCUT2D eigenvalue weighted by Crippen LogP contribution is -2.46. The fraction of sp³-hybridized carbons (Fsp3) is 0.786. The van der Waals surface area contributed by atoms with Gasteiger partial charge in [-0.25, -0.2) is 4.68 Å². The summed E-state index contributed by atoms with van der Waals surface area (Å²) < 4.78 is 40.4. The average Bonchev–Trinajstić information content (AvgIpc) is 2.93. The molecule has 3 atom stereocenters. The Kier molecular flexibility index (Phi) is 3.86. The molecular weight excluding hydrogens is 297 g/mol. The van der Waals surface area contributed by atoms with Crippen molar-refractivity contribution in [2.24, 2.45) is 17.8 Å². The number of carbonyl (C=O) groups is 1. The van der Waals surface area contributed by atoms with Crippen molar-refractivity contribution in [1.82, 2.24) is 14.8 Å². The molecule has 22 heavy (non-hydrogen) atoms. The average molecular weight is 316 g/mol. The Morgan fingerprint density at radius 3 is 2.82 bits per heavy atom. The summed E-state index contributed by atoms with van der Waals surface area (Å²) in [7, 11) is 0. The van der Waals surface area contributed by atoms with E-state index in [1.807, 2.05) is 6.92 Å². The van der Waals surface area contributed by atoms with Gasteiger partial charge in [0.25, 0.3) is 0 Å². The Bertz CT molecular complexity index is 557. The summed E-state index contributed by atoms with van der Waals surface area (Å²) in [5.41, 5.74) is 0. The predicted molar refractivity (Wildman–Crippen MR) is 73.0 cm³/mol. The lowest BCUT2D eigenvalue weighted by molar-refractivity contribution is -0.186. The van der Waals surface area contributed by atoms with E-state index in [-0.39, 0.29) is 24.7 Å². The summed E-state index contributed by atoms with van der Waals surface area (Å²) in [6, 6.07) is 0. The summed E-state index contributed by atoms with van der Waals surface area (Å²) in [5.74, 6) is -1.52. The molecule has 3 rings (SSSR count). The van der Waals surface area contributed by atoms with Gasteiger partial charge in [-0.3, -0.25) is 9.69 Å². The zero-order valence-electron chi connectivity index (χ0n) is 12.4. The number of fused-ring (bicyclic) bond motifs is 1. The van der Waals surface area contributed by atoms with Gasteiger partial charge in [-0.1, -0.05) is 13.3 Å². The molecule has 1 fully saturated rings. The van der Waals surface area contributed by atoms with Crippen LogP contribution in [-0.4, -0.2) is 33.4 Å². The van der Waals surface area contributed by atoms with Gasteiger partial charge in [0.1, 0.15) is 6.33 Å². The van der Waals surface area contributed by atoms with Crippen LogP contribution >= 0.6 is 0 Å². The Labute approximate surface area is 126 Å². The first kappa shape index (κ1) is 15.3. The number of anilines is 1. The van der Waals surface area contributed by atoms with Crippen LogP contribution in [0.15, 0.2) is 6.33 Å². The highest BCUT2D eigenvalue weighted by molar-refractivity contribution is 5.93. The molecule has 0 N–H and O–H groups in total. The van der Waals surface area contributed by atoms with Crippen LogP contribution in [-0.2, 0) is 11.3 Å². The largest absolute Gasteiger partial charge is 0.391 e. The molecule has 5 nitrogen and oxygen atoms in total. The van der Waals surface area contributed by atoms with E-state index < -0.39 is 18.0 Å². The fourth-order valence-electron chi connectivity index (χ4n) is 3.46. The quantitative estimate of drug-likeness (QED) is 0.800. The minimum Gasteiger partial charge on any atom is -0.280 e. The molecule has 0 bridgehead atoms. The number of halogens is 3. The molecule has 0 saturated heterocycles. The summed E-state index contributed by atoms with van der Waals surface area (Å²) >= 11 is 0. The number of aromatic nitrogens is 3. The van der Waals surface area contributed by atoms with Crippen molar-refractivity contribution < 1.29 is 18.0 Å². The highest BCUT2D eigenvalue weighted by Gasteiger charge is 2.45. The zero-order chi connectivity index (χ0) is 15.9. The van der Waals surface area contributed by atoms with Gasteiger partial charge in [0, 0.05) is 19.0 Å². The first-order valence-corrected chi connectivity index (χ1v) is 7.62. The summed E-state index contributed by atoms with van der Waals surface area (Å²) in [5, 5.41) is 4.07. The lowest BCUT2D eigenvalue weighted by atomic mass is 9.80. The smallest absolute Gasteiger partial charge is 0.280 e. The van der Waals surface area contributed by atoms with Crippen molar-refractivity contribution in [2.75, 3.05) is 11.4 Å². The standard InChI is InChI=1S/C14H19F3N4O/c1-9-6-20(13-18-8-19-21(13)7-9)12(22)10-3-2-4-11(5-10)14(15,16)17/h8-11H,2-7H2,1H3. The summed E-state index contributed by atoms with van der Waals surface area (Å²) in [6.45, 7) is 3.16. The molecule has 1 aromatic rings. The van der Waals surface area contributed by atoms with Gasteiger partial charge in [-0.15, -0.1) is 0 Å². The second kappa shape index (κ2) is 5.55. The van der Waals surface area contributed by atoms with E-state index in [2.05, 4.69) is 10.1 Å². The third-order valence-corrected chi connectivity index (χ3v) is 4.57. The molecule has 0 aromatic carbocycles. The number of hydrogen-bond donors (Lipinski definition) is 0. The first-order chi connectivity index (χ1) is 10.4. The van der Waals surface area contributed by atoms with Crippen molar-refractivity contribution in [2.45, 2.75) is 45.3 Å². The monoisotopic (exact) mass is 316 g/mol. The van der Waals surface area contributed by atoms with Crippen LogP contribution in [0.25, 0.3) is 0 Å². The number of hydrogen-bond acceptors (Lipinski definition) is 3. The maximum absolute atomic E-state index is 12.9. The van der Waals surface area contributed by atoms with Gasteiger partial charge in [0.2, 0.25) is 11.9 Å². The third kappa shape index (κ3) is 2.83. The van der Waals surface area contributed by atoms with E-state index in [0.717, 1.165) is 0 Å². The number of rotatable bonds is 1. The van der Waals surface area contributed by atoms with Crippen molar-refractivity contribution >= 4 is 11.9 Å². The molecule has 2 aliphatic rings. The highest BCUT2D eigenvalue weighted by atomic mass is 19.4. The van der Waals surface area contributed by atoms with Crippen molar-refractivity contribution in [1.29, 1.82) is 0 Å². The highest BCUT2D eigenvalue weighted by Crippen LogP contribution is 2.41. The fourth-order valence-corrected chi connectivity index (χ4v) is 3.46. The molecular formula is C14H19F3N4O. The lowest BCUT2D eigenvalue weighted by Gasteiger charge is -2.35. The van der Waals surface area contributed by atoms with Crippen LogP contribution in [0, 0.1) is 17.8 Å². The minimum atomic E-state index is -4.21. The van der Waals surface area contributed by atoms with E-state index in [1.165, 1.54) is 11.2 Å². The third-order valence-electron chi connectivity index (χ3n) is 4.57.